The van der Waals surface area contributed by atoms with Gasteiger partial charge in [-0.05, 0) is 17.7 Å². The number of hydrogen-bond acceptors (Lipinski definition) is 8. The summed E-state index contributed by atoms with van der Waals surface area (Å²) in [6, 6.07) is 5.20. The van der Waals surface area contributed by atoms with Crippen LogP contribution in [-0.4, -0.2) is 45.3 Å². The normalized spacial score (nSPS) is 16.1. The molecule has 2 aromatic heterocycles. The van der Waals surface area contributed by atoms with E-state index in [1.807, 2.05) is 29.3 Å². The molecule has 7 nitrogen and oxygen atoms in total. The molecule has 0 radical (unpaired) electrons. The number of ketones is 1. The molecule has 2 aliphatic rings. The third-order valence-electron chi connectivity index (χ3n) is 5.33. The van der Waals surface area contributed by atoms with Crippen molar-refractivity contribution in [2.45, 2.75) is 13.3 Å². The number of fused-ring (bicyclic) bond motifs is 2. The lowest BCUT2D eigenvalue weighted by Gasteiger charge is -2.27. The van der Waals surface area contributed by atoms with E-state index in [-0.39, 0.29) is 11.2 Å². The fraction of sp³-hybridized carbons (Fsp3) is 0.364. The first-order valence-corrected chi connectivity index (χ1v) is 10.9. The van der Waals surface area contributed by atoms with Crippen LogP contribution in [0.3, 0.4) is 0 Å². The highest BCUT2D eigenvalue weighted by Gasteiger charge is 2.24. The summed E-state index contributed by atoms with van der Waals surface area (Å²) >= 11 is 1.34. The highest BCUT2D eigenvalue weighted by molar-refractivity contribution is 7.17. The zero-order valence-corrected chi connectivity index (χ0v) is 17.4. The smallest absolute Gasteiger partial charge is 0.204 e. The second kappa shape index (κ2) is 7.77. The van der Waals surface area contributed by atoms with Gasteiger partial charge >= 0.3 is 0 Å². The van der Waals surface area contributed by atoms with E-state index in [1.54, 1.807) is 6.07 Å². The van der Waals surface area contributed by atoms with Gasteiger partial charge in [0, 0.05) is 36.5 Å². The first kappa shape index (κ1) is 19.1. The minimum atomic E-state index is -0.0728. The average Bonchev–Trinajstić information content (AvgIpc) is 3.23. The van der Waals surface area contributed by atoms with E-state index in [0.29, 0.717) is 79.2 Å². The Morgan fingerprint density at radius 1 is 1.10 bits per heavy atom. The predicted molar refractivity (Wildman–Crippen MR) is 114 cm³/mol. The van der Waals surface area contributed by atoms with Crippen molar-refractivity contribution < 1.29 is 23.4 Å². The zero-order chi connectivity index (χ0) is 20.7. The quantitative estimate of drug-likeness (QED) is 0.587. The van der Waals surface area contributed by atoms with Gasteiger partial charge in [-0.1, -0.05) is 6.92 Å². The van der Waals surface area contributed by atoms with Gasteiger partial charge in [0.1, 0.15) is 17.9 Å². The van der Waals surface area contributed by atoms with Crippen LogP contribution in [0.25, 0.3) is 21.4 Å². The fourth-order valence-electron chi connectivity index (χ4n) is 3.78. The Labute approximate surface area is 176 Å². The first-order chi connectivity index (χ1) is 14.7. The van der Waals surface area contributed by atoms with E-state index in [2.05, 4.69) is 0 Å². The van der Waals surface area contributed by atoms with Gasteiger partial charge in [-0.2, -0.15) is 0 Å². The van der Waals surface area contributed by atoms with Crippen LogP contribution in [0.5, 0.6) is 11.5 Å². The lowest BCUT2D eigenvalue weighted by atomic mass is 9.99. The van der Waals surface area contributed by atoms with Crippen molar-refractivity contribution in [1.29, 1.82) is 0 Å². The molecular weight excluding hydrogens is 406 g/mol. The molecule has 1 aromatic carbocycles. The van der Waals surface area contributed by atoms with Gasteiger partial charge in [-0.15, -0.1) is 11.3 Å². The van der Waals surface area contributed by atoms with E-state index >= 15 is 0 Å². The van der Waals surface area contributed by atoms with Crippen molar-refractivity contribution in [3.63, 3.8) is 0 Å². The van der Waals surface area contributed by atoms with Crippen molar-refractivity contribution in [3.8, 4) is 22.6 Å². The van der Waals surface area contributed by atoms with Crippen molar-refractivity contribution in [2.75, 3.05) is 44.4 Å². The Balaban J connectivity index is 1.67. The van der Waals surface area contributed by atoms with E-state index < -0.39 is 0 Å². The zero-order valence-electron chi connectivity index (χ0n) is 16.6. The van der Waals surface area contributed by atoms with Gasteiger partial charge < -0.3 is 23.5 Å². The maximum absolute atomic E-state index is 12.7. The van der Waals surface area contributed by atoms with E-state index in [0.717, 1.165) is 11.1 Å². The van der Waals surface area contributed by atoms with Crippen LogP contribution in [0.1, 0.15) is 23.7 Å². The van der Waals surface area contributed by atoms with Gasteiger partial charge in [0.05, 0.1) is 18.8 Å². The number of anilines is 1. The SMILES string of the molecule is CCC(=O)c1cc(-c2csc3c(=O)cc(N4CCOCC4)oc23)cc2c1OCCO2. The topological polar surface area (TPSA) is 78.2 Å². The third-order valence-corrected chi connectivity index (χ3v) is 6.30. The number of carbonyl (C=O) groups excluding carboxylic acids is 1. The molecule has 8 heteroatoms. The van der Waals surface area contributed by atoms with Crippen molar-refractivity contribution in [1.82, 2.24) is 0 Å². The molecule has 4 heterocycles. The van der Waals surface area contributed by atoms with Crippen LogP contribution in [0.2, 0.25) is 0 Å². The molecule has 3 aromatic rings. The number of ether oxygens (including phenoxy) is 3. The third kappa shape index (κ3) is 3.26. The summed E-state index contributed by atoms with van der Waals surface area (Å²) < 4.78 is 23.6. The number of carbonyl (C=O) groups is 1. The summed E-state index contributed by atoms with van der Waals surface area (Å²) in [4.78, 5) is 27.3. The number of Topliss-reactive ketones (excluding diaryl/α,β-unsaturated/α-hetero) is 1. The highest BCUT2D eigenvalue weighted by Crippen LogP contribution is 2.42. The van der Waals surface area contributed by atoms with Gasteiger partial charge in [-0.25, -0.2) is 0 Å². The molecule has 1 fully saturated rings. The first-order valence-electron chi connectivity index (χ1n) is 10.0. The fourth-order valence-corrected chi connectivity index (χ4v) is 4.69. The van der Waals surface area contributed by atoms with Crippen LogP contribution in [0.4, 0.5) is 5.88 Å². The number of rotatable bonds is 4. The molecule has 0 spiro atoms. The average molecular weight is 427 g/mol. The summed E-state index contributed by atoms with van der Waals surface area (Å²) in [7, 11) is 0. The number of hydrogen-bond donors (Lipinski definition) is 0. The molecular formula is C22H21NO6S. The van der Waals surface area contributed by atoms with Crippen molar-refractivity contribution in [3.05, 3.63) is 39.4 Å². The Morgan fingerprint density at radius 2 is 1.90 bits per heavy atom. The molecule has 5 rings (SSSR count). The monoisotopic (exact) mass is 427 g/mol. The largest absolute Gasteiger partial charge is 0.486 e. The Morgan fingerprint density at radius 3 is 2.70 bits per heavy atom. The van der Waals surface area contributed by atoms with E-state index in [1.165, 1.54) is 11.3 Å². The highest BCUT2D eigenvalue weighted by atomic mass is 32.1. The van der Waals surface area contributed by atoms with Gasteiger partial charge in [-0.3, -0.25) is 9.59 Å². The number of morpholine rings is 1. The van der Waals surface area contributed by atoms with Crippen LogP contribution in [0, 0.1) is 0 Å². The van der Waals surface area contributed by atoms with Crippen LogP contribution in [0.15, 0.2) is 32.8 Å². The van der Waals surface area contributed by atoms with Crippen LogP contribution in [-0.2, 0) is 4.74 Å². The summed E-state index contributed by atoms with van der Waals surface area (Å²) in [5.41, 5.74) is 2.49. The molecule has 2 aliphatic heterocycles. The van der Waals surface area contributed by atoms with Crippen molar-refractivity contribution >= 4 is 33.3 Å². The molecule has 0 N–H and O–H groups in total. The lowest BCUT2D eigenvalue weighted by molar-refractivity contribution is 0.0977. The van der Waals surface area contributed by atoms with Crippen molar-refractivity contribution in [2.24, 2.45) is 0 Å². The minimum absolute atomic E-state index is 0.0198. The molecule has 0 saturated carbocycles. The Kier molecular flexibility index (Phi) is 4.96. The molecule has 0 aliphatic carbocycles. The molecule has 30 heavy (non-hydrogen) atoms. The minimum Gasteiger partial charge on any atom is -0.486 e. The summed E-state index contributed by atoms with van der Waals surface area (Å²) in [6.45, 7) is 5.21. The molecule has 0 bridgehead atoms. The Hall–Kier alpha value is -2.84. The van der Waals surface area contributed by atoms with Gasteiger partial charge in [0.15, 0.2) is 28.7 Å². The van der Waals surface area contributed by atoms with E-state index in [9.17, 15) is 9.59 Å². The molecule has 156 valence electrons. The van der Waals surface area contributed by atoms with Crippen LogP contribution < -0.4 is 19.8 Å². The van der Waals surface area contributed by atoms with Crippen LogP contribution >= 0.6 is 11.3 Å². The standard InChI is InChI=1S/C22H21NO6S/c1-2-16(24)14-9-13(10-18-20(14)28-8-7-27-18)15-12-30-22-17(25)11-19(29-21(15)22)23-3-5-26-6-4-23/h9-12H,2-8H2,1H3. The number of thiophene rings is 1. The maximum Gasteiger partial charge on any atom is 0.204 e. The lowest BCUT2D eigenvalue weighted by Crippen LogP contribution is -2.36. The molecule has 0 unspecified atom stereocenters. The second-order valence-corrected chi connectivity index (χ2v) is 8.06. The molecule has 0 amide bonds. The van der Waals surface area contributed by atoms with Gasteiger partial charge in [0.25, 0.3) is 0 Å². The van der Waals surface area contributed by atoms with Gasteiger partial charge in [0.2, 0.25) is 5.43 Å². The second-order valence-electron chi connectivity index (χ2n) is 7.18. The van der Waals surface area contributed by atoms with E-state index in [4.69, 9.17) is 18.6 Å². The molecule has 0 atom stereocenters. The number of benzene rings is 1. The molecule has 1 saturated heterocycles. The summed E-state index contributed by atoms with van der Waals surface area (Å²) in [5.74, 6) is 1.56. The Bertz CT molecular complexity index is 1170. The number of nitrogens with zero attached hydrogens (tertiary/aromatic N) is 1. The summed E-state index contributed by atoms with van der Waals surface area (Å²) in [6.07, 6.45) is 0.361. The summed E-state index contributed by atoms with van der Waals surface area (Å²) in [5, 5.41) is 1.89. The predicted octanol–water partition coefficient (Wildman–Crippen LogP) is 3.72. The maximum atomic E-state index is 12.7.